The maximum Gasteiger partial charge on any atom is 0.0348 e. The highest BCUT2D eigenvalue weighted by Gasteiger charge is 2.08. The summed E-state index contributed by atoms with van der Waals surface area (Å²) in [5.74, 6) is 0. The second kappa shape index (κ2) is 15.9. The predicted octanol–water partition coefficient (Wildman–Crippen LogP) is 14.5. The van der Waals surface area contributed by atoms with Gasteiger partial charge in [0.2, 0.25) is 0 Å². The van der Waals surface area contributed by atoms with Crippen molar-refractivity contribution < 1.29 is 0 Å². The zero-order valence-corrected chi connectivity index (χ0v) is 30.2. The average molecular weight is 701 g/mol. The molecule has 0 N–H and O–H groups in total. The SMILES string of the molecule is C(=Cc1ccc(C=Cc2ccc(C=C(c3ccccc3)c3cccs3)cc2)c2ccccc12)c1ccc(C=C(c2ccccc2)c2cccs2)cc1. The molecule has 0 radical (unpaired) electrons. The number of hydrogen-bond donors (Lipinski definition) is 0. The molecule has 2 aromatic heterocycles. The van der Waals surface area contributed by atoms with Crippen molar-refractivity contribution in [3.63, 3.8) is 0 Å². The van der Waals surface area contributed by atoms with Crippen molar-refractivity contribution >= 4 is 81.0 Å². The molecule has 8 aromatic rings. The largest absolute Gasteiger partial charge is 0.144 e. The molecule has 0 fully saturated rings. The maximum atomic E-state index is 2.29. The molecule has 0 aliphatic heterocycles. The number of hydrogen-bond acceptors (Lipinski definition) is 2. The molecule has 248 valence electrons. The molecule has 0 saturated carbocycles. The topological polar surface area (TPSA) is 0 Å². The van der Waals surface area contributed by atoms with Gasteiger partial charge in [0.15, 0.2) is 0 Å². The summed E-state index contributed by atoms with van der Waals surface area (Å²) < 4.78 is 0. The first-order valence-electron chi connectivity index (χ1n) is 17.5. The van der Waals surface area contributed by atoms with Crippen LogP contribution in [0, 0.1) is 0 Å². The van der Waals surface area contributed by atoms with Gasteiger partial charge < -0.3 is 0 Å². The van der Waals surface area contributed by atoms with Crippen LogP contribution in [0.3, 0.4) is 0 Å². The minimum atomic E-state index is 1.17. The summed E-state index contributed by atoms with van der Waals surface area (Å²) in [6.45, 7) is 0. The van der Waals surface area contributed by atoms with E-state index in [0.29, 0.717) is 0 Å². The third-order valence-corrected chi connectivity index (χ3v) is 10.9. The predicted molar refractivity (Wildman–Crippen MR) is 230 cm³/mol. The summed E-state index contributed by atoms with van der Waals surface area (Å²) in [6.07, 6.45) is 13.4. The van der Waals surface area contributed by atoms with Crippen molar-refractivity contribution in [1.29, 1.82) is 0 Å². The van der Waals surface area contributed by atoms with Crippen LogP contribution in [-0.4, -0.2) is 0 Å². The van der Waals surface area contributed by atoms with Gasteiger partial charge >= 0.3 is 0 Å². The molecule has 0 amide bonds. The first kappa shape index (κ1) is 33.1. The van der Waals surface area contributed by atoms with Crippen LogP contribution < -0.4 is 0 Å². The van der Waals surface area contributed by atoms with Crippen LogP contribution >= 0.6 is 22.7 Å². The van der Waals surface area contributed by atoms with Crippen LogP contribution in [0.15, 0.2) is 181 Å². The third-order valence-electron chi connectivity index (χ3n) is 9.14. The van der Waals surface area contributed by atoms with Crippen LogP contribution in [0.4, 0.5) is 0 Å². The molecule has 0 bridgehead atoms. The van der Waals surface area contributed by atoms with E-state index < -0.39 is 0 Å². The lowest BCUT2D eigenvalue weighted by Gasteiger charge is -2.08. The van der Waals surface area contributed by atoms with Crippen LogP contribution in [0.2, 0.25) is 0 Å². The second-order valence-electron chi connectivity index (χ2n) is 12.6. The van der Waals surface area contributed by atoms with E-state index in [1.807, 2.05) is 0 Å². The highest BCUT2D eigenvalue weighted by atomic mass is 32.1. The Balaban J connectivity index is 1.00. The Kier molecular flexibility index (Phi) is 10.1. The first-order chi connectivity index (χ1) is 25.8. The normalized spacial score (nSPS) is 12.3. The Bertz CT molecular complexity index is 2320. The smallest absolute Gasteiger partial charge is 0.0348 e. The van der Waals surface area contributed by atoms with Gasteiger partial charge in [-0.25, -0.2) is 0 Å². The molecule has 8 rings (SSSR count). The number of benzene rings is 6. The number of fused-ring (bicyclic) bond motifs is 1. The van der Waals surface area contributed by atoms with Gasteiger partial charge in [0, 0.05) is 9.75 Å². The molecule has 0 aliphatic rings. The fourth-order valence-electron chi connectivity index (χ4n) is 6.44. The van der Waals surface area contributed by atoms with E-state index in [0.717, 1.165) is 0 Å². The van der Waals surface area contributed by atoms with Gasteiger partial charge in [-0.1, -0.05) is 182 Å². The van der Waals surface area contributed by atoms with Crippen molar-refractivity contribution in [3.8, 4) is 0 Å². The van der Waals surface area contributed by atoms with Gasteiger partial charge in [-0.2, -0.15) is 0 Å². The summed E-state index contributed by atoms with van der Waals surface area (Å²) >= 11 is 3.55. The Labute approximate surface area is 314 Å². The standard InChI is InChI=1S/C50H36S2/c1-3-11-41(12-4-1)47(49-17-9-33-51-49)35-39-23-19-37(20-24-39)27-29-43-31-32-44(46-16-8-7-15-45(43)46)30-28-38-21-25-40(26-22-38)36-48(50-18-10-34-52-50)42-13-5-2-6-14-42/h1-36H. The number of rotatable bonds is 10. The quantitative estimate of drug-likeness (QED) is 0.125. The monoisotopic (exact) mass is 700 g/mol. The van der Waals surface area contributed by atoms with Crippen molar-refractivity contribution in [2.24, 2.45) is 0 Å². The molecule has 2 heteroatoms. The molecule has 0 aliphatic carbocycles. The molecule has 2 heterocycles. The van der Waals surface area contributed by atoms with E-state index in [2.05, 4.69) is 217 Å². The molecule has 6 aromatic carbocycles. The lowest BCUT2D eigenvalue weighted by molar-refractivity contribution is 1.59. The Morgan fingerprint density at radius 1 is 0.327 bits per heavy atom. The van der Waals surface area contributed by atoms with Crippen LogP contribution in [0.1, 0.15) is 54.3 Å². The summed E-state index contributed by atoms with van der Waals surface area (Å²) in [6, 6.07) is 60.6. The minimum absolute atomic E-state index is 1.17. The highest BCUT2D eigenvalue weighted by molar-refractivity contribution is 7.11. The minimum Gasteiger partial charge on any atom is -0.144 e. The van der Waals surface area contributed by atoms with Crippen molar-refractivity contribution in [3.05, 3.63) is 235 Å². The number of thiophene rings is 2. The van der Waals surface area contributed by atoms with E-state index in [9.17, 15) is 0 Å². The van der Waals surface area contributed by atoms with E-state index in [1.54, 1.807) is 22.7 Å². The summed E-state index contributed by atoms with van der Waals surface area (Å²) in [5, 5.41) is 6.76. The van der Waals surface area contributed by atoms with Gasteiger partial charge in [0.25, 0.3) is 0 Å². The van der Waals surface area contributed by atoms with E-state index in [4.69, 9.17) is 0 Å². The third kappa shape index (κ3) is 7.80. The van der Waals surface area contributed by atoms with Crippen molar-refractivity contribution in [2.45, 2.75) is 0 Å². The van der Waals surface area contributed by atoms with Gasteiger partial charge in [-0.3, -0.25) is 0 Å². The Hall–Kier alpha value is -6.06. The molecular weight excluding hydrogens is 665 g/mol. The van der Waals surface area contributed by atoms with Crippen molar-refractivity contribution in [1.82, 2.24) is 0 Å². The molecule has 0 saturated heterocycles. The maximum absolute atomic E-state index is 2.29. The molecule has 0 spiro atoms. The van der Waals surface area contributed by atoms with E-state index in [1.165, 1.54) is 76.2 Å². The zero-order valence-electron chi connectivity index (χ0n) is 28.6. The van der Waals surface area contributed by atoms with Gasteiger partial charge in [0.1, 0.15) is 0 Å². The Morgan fingerprint density at radius 3 is 1.10 bits per heavy atom. The van der Waals surface area contributed by atoms with Gasteiger partial charge in [-0.15, -0.1) is 22.7 Å². The summed E-state index contributed by atoms with van der Waals surface area (Å²) in [5.41, 5.74) is 12.1. The molecule has 52 heavy (non-hydrogen) atoms. The fraction of sp³-hybridized carbons (Fsp3) is 0. The van der Waals surface area contributed by atoms with Crippen LogP contribution in [0.5, 0.6) is 0 Å². The molecule has 0 atom stereocenters. The fourth-order valence-corrected chi connectivity index (χ4v) is 7.97. The zero-order chi connectivity index (χ0) is 35.0. The molecule has 0 unspecified atom stereocenters. The van der Waals surface area contributed by atoms with Crippen LogP contribution in [0.25, 0.3) is 58.4 Å². The van der Waals surface area contributed by atoms with E-state index >= 15 is 0 Å². The van der Waals surface area contributed by atoms with E-state index in [-0.39, 0.29) is 0 Å². The first-order valence-corrected chi connectivity index (χ1v) is 19.2. The lowest BCUT2D eigenvalue weighted by atomic mass is 9.97. The summed E-state index contributed by atoms with van der Waals surface area (Å²) in [4.78, 5) is 2.54. The lowest BCUT2D eigenvalue weighted by Crippen LogP contribution is -1.85. The van der Waals surface area contributed by atoms with Crippen molar-refractivity contribution in [2.75, 3.05) is 0 Å². The molecular formula is C50H36S2. The average Bonchev–Trinajstić information content (AvgIpc) is 3.95. The van der Waals surface area contributed by atoms with Gasteiger partial charge in [-0.05, 0) is 101 Å². The highest BCUT2D eigenvalue weighted by Crippen LogP contribution is 2.32. The molecule has 0 nitrogen and oxygen atoms in total. The summed E-state index contributed by atoms with van der Waals surface area (Å²) in [7, 11) is 0. The second-order valence-corrected chi connectivity index (χ2v) is 14.5. The van der Waals surface area contributed by atoms with Crippen LogP contribution in [-0.2, 0) is 0 Å². The van der Waals surface area contributed by atoms with Gasteiger partial charge in [0.05, 0.1) is 0 Å². The Morgan fingerprint density at radius 2 is 0.712 bits per heavy atom.